The van der Waals surface area contributed by atoms with E-state index in [1.54, 1.807) is 18.5 Å². The summed E-state index contributed by atoms with van der Waals surface area (Å²) >= 11 is 13.5. The predicted octanol–water partition coefficient (Wildman–Crippen LogP) is 4.28. The number of rotatable bonds is 6. The fourth-order valence-corrected chi connectivity index (χ4v) is 3.87. The van der Waals surface area contributed by atoms with Gasteiger partial charge in [-0.2, -0.15) is 0 Å². The minimum Gasteiger partial charge on any atom is -0.349 e. The first kappa shape index (κ1) is 17.6. The van der Waals surface area contributed by atoms with Crippen LogP contribution in [-0.2, 0) is 4.79 Å². The van der Waals surface area contributed by atoms with Gasteiger partial charge in [-0.05, 0) is 44.4 Å². The molecule has 1 aliphatic rings. The molecule has 2 atom stereocenters. The summed E-state index contributed by atoms with van der Waals surface area (Å²) in [6, 6.07) is 5.56. The molecule has 0 radical (unpaired) electrons. The van der Waals surface area contributed by atoms with E-state index in [1.165, 1.54) is 11.8 Å². The van der Waals surface area contributed by atoms with Crippen LogP contribution in [0.5, 0.6) is 0 Å². The van der Waals surface area contributed by atoms with E-state index >= 15 is 0 Å². The molecule has 1 heterocycles. The second-order valence-electron chi connectivity index (χ2n) is 5.91. The molecular weight excluding hydrogens is 367 g/mol. The Labute approximate surface area is 155 Å². The van der Waals surface area contributed by atoms with Crippen molar-refractivity contribution in [3.8, 4) is 0 Å². The highest BCUT2D eigenvalue weighted by atomic mass is 35.5. The highest BCUT2D eigenvalue weighted by molar-refractivity contribution is 8.00. The monoisotopic (exact) mass is 384 g/mol. The summed E-state index contributed by atoms with van der Waals surface area (Å²) in [4.78, 5) is 12.5. The van der Waals surface area contributed by atoms with Crippen LogP contribution in [0, 0.1) is 0 Å². The summed E-state index contributed by atoms with van der Waals surface area (Å²) in [5.41, 5.74) is 0.841. The largest absolute Gasteiger partial charge is 0.349 e. The first-order valence-corrected chi connectivity index (χ1v) is 9.40. The number of nitrogens with zero attached hydrogens (tertiary/aromatic N) is 3. The molecule has 5 nitrogen and oxygen atoms in total. The highest BCUT2D eigenvalue weighted by Crippen LogP contribution is 2.38. The van der Waals surface area contributed by atoms with Crippen LogP contribution >= 0.6 is 35.0 Å². The molecule has 0 bridgehead atoms. The highest BCUT2D eigenvalue weighted by Gasteiger charge is 2.28. The van der Waals surface area contributed by atoms with Crippen molar-refractivity contribution in [1.82, 2.24) is 20.1 Å². The molecule has 2 aromatic rings. The summed E-state index contributed by atoms with van der Waals surface area (Å²) in [7, 11) is 0. The molecule has 0 aliphatic heterocycles. The Hall–Kier alpha value is -1.24. The van der Waals surface area contributed by atoms with E-state index in [-0.39, 0.29) is 17.2 Å². The molecule has 1 aliphatic carbocycles. The molecular formula is C16H18Cl2N4OS. The third kappa shape index (κ3) is 4.05. The number of amides is 1. The van der Waals surface area contributed by atoms with Crippen LogP contribution in [-0.4, -0.2) is 25.9 Å². The third-order valence-corrected chi connectivity index (χ3v) is 5.55. The number of hydrogen-bond acceptors (Lipinski definition) is 4. The van der Waals surface area contributed by atoms with Crippen LogP contribution in [0.15, 0.2) is 29.7 Å². The van der Waals surface area contributed by atoms with Gasteiger partial charge in [-0.3, -0.25) is 4.79 Å². The maximum absolute atomic E-state index is 12.5. The maximum atomic E-state index is 12.5. The fourth-order valence-electron chi connectivity index (χ4n) is 2.39. The predicted molar refractivity (Wildman–Crippen MR) is 96.6 cm³/mol. The minimum absolute atomic E-state index is 0.0659. The SMILES string of the molecule is CC(Sc1nncn1C1CC1)C(=O)NC(C)c1ccc(Cl)cc1Cl. The summed E-state index contributed by atoms with van der Waals surface area (Å²) in [5, 5.41) is 12.7. The number of benzene rings is 1. The Kier molecular flexibility index (Phi) is 5.37. The quantitative estimate of drug-likeness (QED) is 0.755. The summed E-state index contributed by atoms with van der Waals surface area (Å²) in [6.45, 7) is 3.76. The first-order chi connectivity index (χ1) is 11.5. The minimum atomic E-state index is -0.278. The van der Waals surface area contributed by atoms with E-state index in [0.29, 0.717) is 16.1 Å². The van der Waals surface area contributed by atoms with Crippen LogP contribution in [0.4, 0.5) is 0 Å². The lowest BCUT2D eigenvalue weighted by molar-refractivity contribution is -0.120. The van der Waals surface area contributed by atoms with Crippen molar-refractivity contribution in [1.29, 1.82) is 0 Å². The lowest BCUT2D eigenvalue weighted by Crippen LogP contribution is -2.33. The second kappa shape index (κ2) is 7.33. The average Bonchev–Trinajstić information content (AvgIpc) is 3.27. The van der Waals surface area contributed by atoms with E-state index in [0.717, 1.165) is 23.6 Å². The van der Waals surface area contributed by atoms with Crippen LogP contribution in [0.2, 0.25) is 10.0 Å². The average molecular weight is 385 g/mol. The van der Waals surface area contributed by atoms with Gasteiger partial charge < -0.3 is 9.88 Å². The zero-order chi connectivity index (χ0) is 17.3. The molecule has 1 saturated carbocycles. The Morgan fingerprint density at radius 2 is 2.12 bits per heavy atom. The first-order valence-electron chi connectivity index (χ1n) is 7.77. The van der Waals surface area contributed by atoms with Crippen molar-refractivity contribution in [3.63, 3.8) is 0 Å². The standard InChI is InChI=1S/C16H18Cl2N4OS/c1-9(13-6-3-11(17)7-14(13)18)20-15(23)10(2)24-16-21-19-8-22(16)12-4-5-12/h3,6-10,12H,4-5H2,1-2H3,(H,20,23). The molecule has 1 N–H and O–H groups in total. The molecule has 128 valence electrons. The number of carbonyl (C=O) groups is 1. The van der Waals surface area contributed by atoms with Gasteiger partial charge in [0.1, 0.15) is 6.33 Å². The van der Waals surface area contributed by atoms with Gasteiger partial charge in [-0.1, -0.05) is 41.0 Å². The van der Waals surface area contributed by atoms with E-state index in [1.807, 2.05) is 24.5 Å². The zero-order valence-electron chi connectivity index (χ0n) is 13.4. The van der Waals surface area contributed by atoms with Crippen molar-refractivity contribution in [2.24, 2.45) is 0 Å². The third-order valence-electron chi connectivity index (χ3n) is 3.92. The Balaban J connectivity index is 1.62. The Morgan fingerprint density at radius 1 is 1.38 bits per heavy atom. The Bertz CT molecular complexity index is 747. The normalized spacial score (nSPS) is 16.7. The lowest BCUT2D eigenvalue weighted by Gasteiger charge is -2.18. The van der Waals surface area contributed by atoms with Gasteiger partial charge in [0.25, 0.3) is 0 Å². The molecule has 8 heteroatoms. The number of hydrogen-bond donors (Lipinski definition) is 1. The molecule has 0 saturated heterocycles. The molecule has 24 heavy (non-hydrogen) atoms. The van der Waals surface area contributed by atoms with E-state index in [9.17, 15) is 4.79 Å². The van der Waals surface area contributed by atoms with E-state index in [4.69, 9.17) is 23.2 Å². The van der Waals surface area contributed by atoms with E-state index in [2.05, 4.69) is 15.5 Å². The van der Waals surface area contributed by atoms with Gasteiger partial charge in [0.05, 0.1) is 11.3 Å². The van der Waals surface area contributed by atoms with Crippen molar-refractivity contribution in [2.75, 3.05) is 0 Å². The molecule has 1 fully saturated rings. The van der Waals surface area contributed by atoms with Gasteiger partial charge in [0, 0.05) is 16.1 Å². The van der Waals surface area contributed by atoms with Crippen molar-refractivity contribution >= 4 is 40.9 Å². The van der Waals surface area contributed by atoms with Crippen LogP contribution in [0.3, 0.4) is 0 Å². The maximum Gasteiger partial charge on any atom is 0.233 e. The lowest BCUT2D eigenvalue weighted by atomic mass is 10.1. The van der Waals surface area contributed by atoms with Gasteiger partial charge in [0.15, 0.2) is 5.16 Å². The van der Waals surface area contributed by atoms with Crippen molar-refractivity contribution in [3.05, 3.63) is 40.1 Å². The van der Waals surface area contributed by atoms with Crippen molar-refractivity contribution < 1.29 is 4.79 Å². The van der Waals surface area contributed by atoms with Gasteiger partial charge in [-0.25, -0.2) is 0 Å². The Morgan fingerprint density at radius 3 is 2.79 bits per heavy atom. The fraction of sp³-hybridized carbons (Fsp3) is 0.438. The number of aromatic nitrogens is 3. The molecule has 1 amide bonds. The van der Waals surface area contributed by atoms with Crippen LogP contribution in [0.25, 0.3) is 0 Å². The number of nitrogens with one attached hydrogen (secondary N) is 1. The number of thioether (sulfide) groups is 1. The molecule has 0 spiro atoms. The smallest absolute Gasteiger partial charge is 0.233 e. The summed E-state index contributed by atoms with van der Waals surface area (Å²) < 4.78 is 2.05. The van der Waals surface area contributed by atoms with Gasteiger partial charge in [-0.15, -0.1) is 10.2 Å². The molecule has 3 rings (SSSR count). The molecule has 2 unspecified atom stereocenters. The summed E-state index contributed by atoms with van der Waals surface area (Å²) in [6.07, 6.45) is 4.04. The zero-order valence-corrected chi connectivity index (χ0v) is 15.7. The number of carbonyl (C=O) groups excluding carboxylic acids is 1. The van der Waals surface area contributed by atoms with Crippen LogP contribution < -0.4 is 5.32 Å². The van der Waals surface area contributed by atoms with Gasteiger partial charge >= 0.3 is 0 Å². The molecule has 1 aromatic carbocycles. The summed E-state index contributed by atoms with van der Waals surface area (Å²) in [5.74, 6) is -0.0659. The van der Waals surface area contributed by atoms with Gasteiger partial charge in [0.2, 0.25) is 5.91 Å². The topological polar surface area (TPSA) is 59.8 Å². The van der Waals surface area contributed by atoms with E-state index < -0.39 is 0 Å². The number of halogens is 2. The van der Waals surface area contributed by atoms with Crippen molar-refractivity contribution in [2.45, 2.75) is 49.2 Å². The second-order valence-corrected chi connectivity index (χ2v) is 8.06. The van der Waals surface area contributed by atoms with Crippen LogP contribution in [0.1, 0.15) is 44.3 Å². The molecule has 1 aromatic heterocycles.